The van der Waals surface area contributed by atoms with E-state index < -0.39 is 0 Å². The average molecular weight is 290 g/mol. The van der Waals surface area contributed by atoms with Crippen molar-refractivity contribution < 1.29 is 9.47 Å². The molecule has 0 bridgehead atoms. The number of hydrogen-bond donors (Lipinski definition) is 1. The van der Waals surface area contributed by atoms with E-state index in [4.69, 9.17) is 21.7 Å². The molecule has 1 unspecified atom stereocenters. The molecule has 2 aromatic rings. The van der Waals surface area contributed by atoms with Crippen molar-refractivity contribution in [3.63, 3.8) is 0 Å². The number of ether oxygens (including phenoxy) is 2. The Hall–Kier alpha value is -1.56. The first kappa shape index (κ1) is 14.8. The van der Waals surface area contributed by atoms with Gasteiger partial charge >= 0.3 is 0 Å². The Bertz CT molecular complexity index is 598. The van der Waals surface area contributed by atoms with Crippen LogP contribution in [0.3, 0.4) is 0 Å². The minimum Gasteiger partial charge on any atom is -0.378 e. The van der Waals surface area contributed by atoms with Gasteiger partial charge in [-0.15, -0.1) is 0 Å². The molecule has 0 aliphatic rings. The third-order valence-corrected chi connectivity index (χ3v) is 3.01. The van der Waals surface area contributed by atoms with Crippen LogP contribution in [-0.4, -0.2) is 23.7 Å². The lowest BCUT2D eigenvalue weighted by molar-refractivity contribution is 0.0843. The fourth-order valence-electron chi connectivity index (χ4n) is 2.01. The number of aromatic amines is 1. The van der Waals surface area contributed by atoms with E-state index in [1.54, 1.807) is 13.2 Å². The van der Waals surface area contributed by atoms with Gasteiger partial charge in [0.15, 0.2) is 0 Å². The quantitative estimate of drug-likeness (QED) is 0.828. The van der Waals surface area contributed by atoms with Gasteiger partial charge in [-0.2, -0.15) is 0 Å². The SMILES string of the molecule is CCOC(c1ccccc1)c1nc(=S)cc(COC)[nH]1. The van der Waals surface area contributed by atoms with Crippen LogP contribution in [0.1, 0.15) is 30.1 Å². The highest BCUT2D eigenvalue weighted by atomic mass is 32.1. The average Bonchev–Trinajstić information content (AvgIpc) is 2.45. The first-order valence-electron chi connectivity index (χ1n) is 6.50. The molecule has 2 rings (SSSR count). The molecule has 4 nitrogen and oxygen atoms in total. The van der Waals surface area contributed by atoms with Crippen molar-refractivity contribution in [1.82, 2.24) is 9.97 Å². The second-order valence-electron chi connectivity index (χ2n) is 4.31. The molecule has 0 aliphatic heterocycles. The van der Waals surface area contributed by atoms with Crippen molar-refractivity contribution in [2.75, 3.05) is 13.7 Å². The zero-order chi connectivity index (χ0) is 14.4. The third-order valence-electron chi connectivity index (χ3n) is 2.80. The molecule has 20 heavy (non-hydrogen) atoms. The summed E-state index contributed by atoms with van der Waals surface area (Å²) in [6, 6.07) is 11.8. The minimum atomic E-state index is -0.250. The Morgan fingerprint density at radius 1 is 1.30 bits per heavy atom. The molecule has 1 aromatic carbocycles. The summed E-state index contributed by atoms with van der Waals surface area (Å²) in [5, 5.41) is 0. The van der Waals surface area contributed by atoms with E-state index in [1.165, 1.54) is 0 Å². The van der Waals surface area contributed by atoms with E-state index in [2.05, 4.69) is 9.97 Å². The lowest BCUT2D eigenvalue weighted by Gasteiger charge is -2.17. The Kier molecular flexibility index (Phi) is 5.40. The second kappa shape index (κ2) is 7.28. The molecular formula is C15H18N2O2S. The molecule has 1 N–H and O–H groups in total. The lowest BCUT2D eigenvalue weighted by atomic mass is 10.1. The van der Waals surface area contributed by atoms with Crippen LogP contribution in [0.2, 0.25) is 0 Å². The normalized spacial score (nSPS) is 12.3. The standard InChI is InChI=1S/C15H18N2O2S/c1-3-19-14(11-7-5-4-6-8-11)15-16-12(10-18-2)9-13(20)17-15/h4-9,14H,3,10H2,1-2H3,(H,16,17,20). The van der Waals surface area contributed by atoms with Gasteiger partial charge in [-0.05, 0) is 18.6 Å². The second-order valence-corrected chi connectivity index (χ2v) is 4.73. The van der Waals surface area contributed by atoms with Gasteiger partial charge in [0.2, 0.25) is 0 Å². The van der Waals surface area contributed by atoms with Crippen LogP contribution in [0, 0.1) is 4.64 Å². The predicted molar refractivity (Wildman–Crippen MR) is 80.0 cm³/mol. The zero-order valence-corrected chi connectivity index (χ0v) is 12.4. The zero-order valence-electron chi connectivity index (χ0n) is 11.6. The van der Waals surface area contributed by atoms with Gasteiger partial charge in [0, 0.05) is 19.4 Å². The van der Waals surface area contributed by atoms with Crippen molar-refractivity contribution in [2.24, 2.45) is 0 Å². The predicted octanol–water partition coefficient (Wildman–Crippen LogP) is 3.41. The Labute approximate surface area is 123 Å². The monoisotopic (exact) mass is 290 g/mol. The first-order chi connectivity index (χ1) is 9.74. The van der Waals surface area contributed by atoms with Gasteiger partial charge in [0.05, 0.1) is 6.61 Å². The molecule has 0 saturated heterocycles. The van der Waals surface area contributed by atoms with Gasteiger partial charge < -0.3 is 14.5 Å². The van der Waals surface area contributed by atoms with Crippen molar-refractivity contribution in [3.8, 4) is 0 Å². The maximum Gasteiger partial charge on any atom is 0.141 e. The molecule has 5 heteroatoms. The number of H-pyrrole nitrogens is 1. The summed E-state index contributed by atoms with van der Waals surface area (Å²) in [7, 11) is 1.65. The fraction of sp³-hybridized carbons (Fsp3) is 0.333. The van der Waals surface area contributed by atoms with E-state index in [9.17, 15) is 0 Å². The van der Waals surface area contributed by atoms with Crippen LogP contribution in [-0.2, 0) is 16.1 Å². The van der Waals surface area contributed by atoms with Crippen LogP contribution in [0.5, 0.6) is 0 Å². The van der Waals surface area contributed by atoms with E-state index in [0.29, 0.717) is 23.7 Å². The van der Waals surface area contributed by atoms with Crippen LogP contribution < -0.4 is 0 Å². The van der Waals surface area contributed by atoms with Crippen LogP contribution in [0.15, 0.2) is 36.4 Å². The number of aromatic nitrogens is 2. The molecule has 0 amide bonds. The number of hydrogen-bond acceptors (Lipinski definition) is 4. The molecule has 0 fully saturated rings. The van der Waals surface area contributed by atoms with E-state index >= 15 is 0 Å². The number of nitrogens with one attached hydrogen (secondary N) is 1. The highest BCUT2D eigenvalue weighted by molar-refractivity contribution is 7.71. The van der Waals surface area contributed by atoms with Crippen molar-refractivity contribution >= 4 is 12.2 Å². The Morgan fingerprint density at radius 3 is 2.70 bits per heavy atom. The lowest BCUT2D eigenvalue weighted by Crippen LogP contribution is -2.12. The van der Waals surface area contributed by atoms with Gasteiger partial charge in [-0.3, -0.25) is 0 Å². The highest BCUT2D eigenvalue weighted by Crippen LogP contribution is 2.23. The number of benzene rings is 1. The van der Waals surface area contributed by atoms with Gasteiger partial charge in [0.1, 0.15) is 16.6 Å². The smallest absolute Gasteiger partial charge is 0.141 e. The largest absolute Gasteiger partial charge is 0.378 e. The highest BCUT2D eigenvalue weighted by Gasteiger charge is 2.16. The Balaban J connectivity index is 2.41. The van der Waals surface area contributed by atoms with Gasteiger partial charge in [0.25, 0.3) is 0 Å². The maximum absolute atomic E-state index is 5.82. The summed E-state index contributed by atoms with van der Waals surface area (Å²) >= 11 is 5.21. The van der Waals surface area contributed by atoms with E-state index in [1.807, 2.05) is 37.3 Å². The number of methoxy groups -OCH3 is 1. The molecule has 106 valence electrons. The van der Waals surface area contributed by atoms with Gasteiger partial charge in [-0.25, -0.2) is 4.98 Å². The molecule has 1 heterocycles. The molecule has 0 spiro atoms. The summed E-state index contributed by atoms with van der Waals surface area (Å²) in [6.45, 7) is 3.02. The molecule has 0 aliphatic carbocycles. The van der Waals surface area contributed by atoms with Crippen molar-refractivity contribution in [1.29, 1.82) is 0 Å². The topological polar surface area (TPSA) is 47.1 Å². The molecule has 1 aromatic heterocycles. The number of nitrogens with zero attached hydrogens (tertiary/aromatic N) is 1. The summed E-state index contributed by atoms with van der Waals surface area (Å²) in [6.07, 6.45) is -0.250. The number of rotatable bonds is 6. The molecular weight excluding hydrogens is 272 g/mol. The van der Waals surface area contributed by atoms with Crippen LogP contribution in [0.4, 0.5) is 0 Å². The Morgan fingerprint density at radius 2 is 2.05 bits per heavy atom. The van der Waals surface area contributed by atoms with E-state index in [0.717, 1.165) is 11.3 Å². The van der Waals surface area contributed by atoms with Crippen molar-refractivity contribution in [3.05, 3.63) is 58.1 Å². The summed E-state index contributed by atoms with van der Waals surface area (Å²) in [5.74, 6) is 0.706. The fourth-order valence-corrected chi connectivity index (χ4v) is 2.25. The molecule has 0 saturated carbocycles. The molecule has 0 radical (unpaired) electrons. The summed E-state index contributed by atoms with van der Waals surface area (Å²) in [4.78, 5) is 7.63. The summed E-state index contributed by atoms with van der Waals surface area (Å²) in [5.41, 5.74) is 1.94. The van der Waals surface area contributed by atoms with Gasteiger partial charge in [-0.1, -0.05) is 42.5 Å². The van der Waals surface area contributed by atoms with Crippen LogP contribution >= 0.6 is 12.2 Å². The third kappa shape index (κ3) is 3.72. The summed E-state index contributed by atoms with van der Waals surface area (Å²) < 4.78 is 11.5. The molecule has 1 atom stereocenters. The van der Waals surface area contributed by atoms with Crippen molar-refractivity contribution in [2.45, 2.75) is 19.6 Å². The first-order valence-corrected chi connectivity index (χ1v) is 6.91. The minimum absolute atomic E-state index is 0.250. The van der Waals surface area contributed by atoms with Crippen LogP contribution in [0.25, 0.3) is 0 Å². The van der Waals surface area contributed by atoms with E-state index in [-0.39, 0.29) is 6.10 Å². The maximum atomic E-state index is 5.82.